The van der Waals surface area contributed by atoms with Gasteiger partial charge in [-0.3, -0.25) is 4.55 Å². The first-order chi connectivity index (χ1) is 13.0. The molecule has 3 rings (SSSR count). The Morgan fingerprint density at radius 2 is 0.889 bits per heavy atom. The predicted molar refractivity (Wildman–Crippen MR) is 112 cm³/mol. The van der Waals surface area contributed by atoms with Crippen LogP contribution in [0.2, 0.25) is 0 Å². The maximum absolute atomic E-state index is 11.1. The van der Waals surface area contributed by atoms with Crippen molar-refractivity contribution >= 4 is 20.1 Å². The van der Waals surface area contributed by atoms with E-state index in [0.29, 0.717) is 12.8 Å². The van der Waals surface area contributed by atoms with E-state index in [9.17, 15) is 8.42 Å². The first kappa shape index (κ1) is 19.7. The van der Waals surface area contributed by atoms with Crippen LogP contribution in [0.4, 0.5) is 0 Å². The van der Waals surface area contributed by atoms with Crippen molar-refractivity contribution in [2.24, 2.45) is 0 Å². The highest BCUT2D eigenvalue weighted by atomic mass is 32.3. The molecule has 0 saturated carbocycles. The second-order valence-electron chi connectivity index (χ2n) is 6.38. The molecule has 0 aromatic heterocycles. The monoisotopic (exact) mass is 400 g/mol. The minimum atomic E-state index is -3.93. The Morgan fingerprint density at radius 3 is 1.22 bits per heavy atom. The molecule has 0 aliphatic rings. The lowest BCUT2D eigenvalue weighted by Gasteiger charge is -2.41. The summed E-state index contributed by atoms with van der Waals surface area (Å²) in [7, 11) is -5.45. The van der Waals surface area contributed by atoms with E-state index in [4.69, 9.17) is 4.55 Å². The lowest BCUT2D eigenvalue weighted by Crippen LogP contribution is -2.10. The Hall–Kier alpha value is -2.08. The van der Waals surface area contributed by atoms with Gasteiger partial charge in [-0.1, -0.05) is 54.6 Å². The van der Waals surface area contributed by atoms with Gasteiger partial charge >= 0.3 is 0 Å². The lowest BCUT2D eigenvalue weighted by atomic mass is 10.3. The standard InChI is InChI=1S/C22H24O3S2/c23-27(24,25)19-11-10-18-26(20-12-4-1-5-13-20,21-14-6-2-7-15-21)22-16-8-3-9-17-22/h1-9,12-17H,10-11,18-19H2,(H,23,24,25). The van der Waals surface area contributed by atoms with E-state index >= 15 is 0 Å². The molecule has 0 radical (unpaired) electrons. The highest BCUT2D eigenvalue weighted by Crippen LogP contribution is 2.68. The van der Waals surface area contributed by atoms with Crippen LogP contribution in [-0.4, -0.2) is 24.5 Å². The van der Waals surface area contributed by atoms with Gasteiger partial charge < -0.3 is 0 Å². The molecule has 1 N–H and O–H groups in total. The van der Waals surface area contributed by atoms with E-state index in [0.717, 1.165) is 5.75 Å². The molecular formula is C22H24O3S2. The number of benzene rings is 3. The van der Waals surface area contributed by atoms with Crippen LogP contribution >= 0.6 is 10.0 Å². The van der Waals surface area contributed by atoms with Crippen molar-refractivity contribution in [2.45, 2.75) is 27.5 Å². The zero-order valence-electron chi connectivity index (χ0n) is 15.1. The number of hydrogen-bond donors (Lipinski definition) is 1. The Kier molecular flexibility index (Phi) is 6.37. The summed E-state index contributed by atoms with van der Waals surface area (Å²) in [6.45, 7) is 0. The second kappa shape index (κ2) is 8.74. The molecular weight excluding hydrogens is 376 g/mol. The summed E-state index contributed by atoms with van der Waals surface area (Å²) < 4.78 is 31.3. The maximum Gasteiger partial charge on any atom is 0.264 e. The van der Waals surface area contributed by atoms with Crippen LogP contribution in [0, 0.1) is 0 Å². The fourth-order valence-electron chi connectivity index (χ4n) is 3.32. The molecule has 3 nitrogen and oxygen atoms in total. The molecule has 0 spiro atoms. The SMILES string of the molecule is O=S(=O)(O)CCCCS(c1ccccc1)(c1ccccc1)c1ccccc1. The minimum Gasteiger partial charge on any atom is -0.286 e. The molecule has 0 aliphatic carbocycles. The van der Waals surface area contributed by atoms with Crippen molar-refractivity contribution in [3.63, 3.8) is 0 Å². The summed E-state index contributed by atoms with van der Waals surface area (Å²) in [6.07, 6.45) is 1.16. The molecule has 3 aromatic rings. The zero-order valence-corrected chi connectivity index (χ0v) is 16.7. The lowest BCUT2D eigenvalue weighted by molar-refractivity contribution is 0.481. The van der Waals surface area contributed by atoms with Gasteiger partial charge in [-0.15, -0.1) is 0 Å². The van der Waals surface area contributed by atoms with E-state index in [-0.39, 0.29) is 5.75 Å². The third-order valence-electron chi connectivity index (χ3n) is 4.54. The Morgan fingerprint density at radius 1 is 0.556 bits per heavy atom. The van der Waals surface area contributed by atoms with Crippen molar-refractivity contribution < 1.29 is 13.0 Å². The molecule has 0 heterocycles. The van der Waals surface area contributed by atoms with Gasteiger partial charge in [-0.25, -0.2) is 0 Å². The van der Waals surface area contributed by atoms with Crippen LogP contribution in [0.25, 0.3) is 0 Å². The van der Waals surface area contributed by atoms with Crippen molar-refractivity contribution in [2.75, 3.05) is 11.5 Å². The largest absolute Gasteiger partial charge is 0.286 e. The zero-order chi connectivity index (χ0) is 19.2. The van der Waals surface area contributed by atoms with Gasteiger partial charge in [0, 0.05) is 0 Å². The third-order valence-corrected chi connectivity index (χ3v) is 9.48. The summed E-state index contributed by atoms with van der Waals surface area (Å²) in [5.41, 5.74) is 0. The van der Waals surface area contributed by atoms with Crippen molar-refractivity contribution in [3.05, 3.63) is 91.0 Å². The highest BCUT2D eigenvalue weighted by Gasteiger charge is 2.30. The molecule has 0 fully saturated rings. The quantitative estimate of drug-likeness (QED) is 0.393. The molecule has 5 heteroatoms. The van der Waals surface area contributed by atoms with Crippen molar-refractivity contribution in [1.82, 2.24) is 0 Å². The van der Waals surface area contributed by atoms with E-state index in [1.165, 1.54) is 14.7 Å². The molecule has 0 aliphatic heterocycles. The van der Waals surface area contributed by atoms with E-state index in [2.05, 4.69) is 72.8 Å². The molecule has 142 valence electrons. The fraction of sp³-hybridized carbons (Fsp3) is 0.182. The van der Waals surface area contributed by atoms with Crippen LogP contribution in [0.1, 0.15) is 12.8 Å². The Balaban J connectivity index is 2.08. The maximum atomic E-state index is 11.1. The van der Waals surface area contributed by atoms with Gasteiger partial charge in [0.25, 0.3) is 10.1 Å². The van der Waals surface area contributed by atoms with Gasteiger partial charge in [0.05, 0.1) is 5.75 Å². The molecule has 0 saturated heterocycles. The molecule has 0 amide bonds. The summed E-state index contributed by atoms with van der Waals surface area (Å²) in [4.78, 5) is 3.78. The molecule has 27 heavy (non-hydrogen) atoms. The number of rotatable bonds is 8. The predicted octanol–water partition coefficient (Wildman–Crippen LogP) is 5.64. The summed E-state index contributed by atoms with van der Waals surface area (Å²) in [5, 5.41) is 0. The normalized spacial score (nSPS) is 12.6. The van der Waals surface area contributed by atoms with Gasteiger partial charge in [0.1, 0.15) is 0 Å². The van der Waals surface area contributed by atoms with E-state index < -0.39 is 20.1 Å². The van der Waals surface area contributed by atoms with Crippen LogP contribution < -0.4 is 0 Å². The topological polar surface area (TPSA) is 54.4 Å². The van der Waals surface area contributed by atoms with Crippen LogP contribution in [0.5, 0.6) is 0 Å². The van der Waals surface area contributed by atoms with Crippen LogP contribution in [-0.2, 0) is 10.1 Å². The first-order valence-corrected chi connectivity index (χ1v) is 12.3. The van der Waals surface area contributed by atoms with Gasteiger partial charge in [-0.05, 0) is 69.7 Å². The second-order valence-corrected chi connectivity index (χ2v) is 11.2. The molecule has 0 bridgehead atoms. The highest BCUT2D eigenvalue weighted by molar-refractivity contribution is 8.33. The minimum absolute atomic E-state index is 0.194. The summed E-state index contributed by atoms with van der Waals surface area (Å²) in [6, 6.07) is 31.4. The Bertz CT molecular complexity index is 844. The van der Waals surface area contributed by atoms with Crippen molar-refractivity contribution in [1.29, 1.82) is 0 Å². The average Bonchev–Trinajstić information content (AvgIpc) is 2.70. The van der Waals surface area contributed by atoms with E-state index in [1.807, 2.05) is 18.2 Å². The first-order valence-electron chi connectivity index (χ1n) is 8.94. The van der Waals surface area contributed by atoms with Crippen molar-refractivity contribution in [3.8, 4) is 0 Å². The van der Waals surface area contributed by atoms with Crippen LogP contribution in [0.15, 0.2) is 106 Å². The molecule has 0 unspecified atom stereocenters. The number of unbranched alkanes of at least 4 members (excludes halogenated alkanes) is 1. The smallest absolute Gasteiger partial charge is 0.264 e. The molecule has 0 atom stereocenters. The fourth-order valence-corrected chi connectivity index (χ4v) is 7.92. The van der Waals surface area contributed by atoms with Gasteiger partial charge in [0.2, 0.25) is 0 Å². The Labute approximate surface area is 163 Å². The van der Waals surface area contributed by atoms with Gasteiger partial charge in [-0.2, -0.15) is 18.4 Å². The van der Waals surface area contributed by atoms with Crippen LogP contribution in [0.3, 0.4) is 0 Å². The third kappa shape index (κ3) is 4.80. The summed E-state index contributed by atoms with van der Waals surface area (Å²) in [5.74, 6) is 0.640. The number of hydrogen-bond acceptors (Lipinski definition) is 2. The molecule has 3 aromatic carbocycles. The summed E-state index contributed by atoms with van der Waals surface area (Å²) >= 11 is 0. The van der Waals surface area contributed by atoms with E-state index in [1.54, 1.807) is 0 Å². The average molecular weight is 401 g/mol. The van der Waals surface area contributed by atoms with Gasteiger partial charge in [0.15, 0.2) is 0 Å².